The van der Waals surface area contributed by atoms with Gasteiger partial charge in [-0.15, -0.1) is 0 Å². The zero-order chi connectivity index (χ0) is 16.7. The van der Waals surface area contributed by atoms with Gasteiger partial charge in [-0.3, -0.25) is 4.79 Å². The molecule has 0 N–H and O–H groups in total. The molecule has 24 heavy (non-hydrogen) atoms. The second-order valence-corrected chi connectivity index (χ2v) is 5.23. The average molecular weight is 325 g/mol. The molecule has 8 heteroatoms. The smallest absolute Gasteiger partial charge is 0.336 e. The molecule has 0 unspecified atom stereocenters. The normalized spacial score (nSPS) is 11.2. The quantitative estimate of drug-likeness (QED) is 0.567. The Bertz CT molecular complexity index is 1130. The van der Waals surface area contributed by atoms with Crippen LogP contribution < -0.4 is 11.2 Å². The van der Waals surface area contributed by atoms with Gasteiger partial charge in [-0.25, -0.2) is 4.79 Å². The minimum absolute atomic E-state index is 0.0983. The third-order valence-corrected chi connectivity index (χ3v) is 3.58. The summed E-state index contributed by atoms with van der Waals surface area (Å²) in [6.45, 7) is 1.79. The maximum Gasteiger partial charge on any atom is 0.336 e. The molecule has 0 aliphatic rings. The fourth-order valence-corrected chi connectivity index (χ4v) is 2.49. The van der Waals surface area contributed by atoms with Crippen molar-refractivity contribution in [1.82, 2.24) is 14.7 Å². The number of hydrogen-bond acceptors (Lipinski definition) is 7. The number of aryl methyl sites for hydroxylation is 1. The van der Waals surface area contributed by atoms with E-state index >= 15 is 0 Å². The number of rotatable bonds is 3. The standard InChI is InChI=1S/C16H11N3O5/c1-9-7-13(20)23-10-4-5-19(16(21)14(9)10)8-12-17-15(18-24-12)11-3-2-6-22-11/h2-7H,8H2,1H3. The van der Waals surface area contributed by atoms with E-state index in [0.717, 1.165) is 0 Å². The largest absolute Gasteiger partial charge is 0.461 e. The Morgan fingerprint density at radius 2 is 2.12 bits per heavy atom. The first-order valence-electron chi connectivity index (χ1n) is 7.12. The van der Waals surface area contributed by atoms with Gasteiger partial charge in [0.1, 0.15) is 12.1 Å². The summed E-state index contributed by atoms with van der Waals surface area (Å²) < 4.78 is 16.8. The Hall–Kier alpha value is -3.42. The Balaban J connectivity index is 1.74. The van der Waals surface area contributed by atoms with E-state index in [1.54, 1.807) is 25.1 Å². The number of fused-ring (bicyclic) bond motifs is 1. The molecule has 0 amide bonds. The molecular formula is C16H11N3O5. The zero-order valence-electron chi connectivity index (χ0n) is 12.6. The Kier molecular flexibility index (Phi) is 3.16. The lowest BCUT2D eigenvalue weighted by Gasteiger charge is -2.05. The summed E-state index contributed by atoms with van der Waals surface area (Å²) in [5, 5.41) is 4.17. The van der Waals surface area contributed by atoms with E-state index < -0.39 is 5.63 Å². The molecule has 4 heterocycles. The van der Waals surface area contributed by atoms with Crippen molar-refractivity contribution in [3.05, 3.63) is 69.0 Å². The molecular weight excluding hydrogens is 314 g/mol. The summed E-state index contributed by atoms with van der Waals surface area (Å²) in [4.78, 5) is 28.2. The van der Waals surface area contributed by atoms with Crippen LogP contribution in [0.15, 0.2) is 59.7 Å². The van der Waals surface area contributed by atoms with E-state index in [9.17, 15) is 9.59 Å². The lowest BCUT2D eigenvalue weighted by atomic mass is 10.2. The number of pyridine rings is 1. The van der Waals surface area contributed by atoms with Crippen LogP contribution in [0.4, 0.5) is 0 Å². The van der Waals surface area contributed by atoms with Crippen LogP contribution in [-0.2, 0) is 6.54 Å². The molecule has 0 aliphatic carbocycles. The molecule has 4 aromatic heterocycles. The highest BCUT2D eigenvalue weighted by molar-refractivity contribution is 5.78. The van der Waals surface area contributed by atoms with E-state index in [1.165, 1.54) is 23.1 Å². The van der Waals surface area contributed by atoms with E-state index in [0.29, 0.717) is 22.5 Å². The van der Waals surface area contributed by atoms with Crippen molar-refractivity contribution >= 4 is 11.0 Å². The van der Waals surface area contributed by atoms with Crippen molar-refractivity contribution < 1.29 is 13.4 Å². The van der Waals surface area contributed by atoms with Crippen LogP contribution in [0.2, 0.25) is 0 Å². The summed E-state index contributed by atoms with van der Waals surface area (Å²) in [7, 11) is 0. The fourth-order valence-electron chi connectivity index (χ4n) is 2.49. The minimum atomic E-state index is -0.489. The molecule has 0 aromatic carbocycles. The number of furan rings is 1. The molecule has 0 fully saturated rings. The first-order valence-corrected chi connectivity index (χ1v) is 7.12. The van der Waals surface area contributed by atoms with Crippen molar-refractivity contribution in [1.29, 1.82) is 0 Å². The van der Waals surface area contributed by atoms with Crippen molar-refractivity contribution in [2.24, 2.45) is 0 Å². The number of hydrogen-bond donors (Lipinski definition) is 0. The molecule has 0 saturated heterocycles. The van der Waals surface area contributed by atoms with Crippen LogP contribution in [0.3, 0.4) is 0 Å². The third-order valence-electron chi connectivity index (χ3n) is 3.58. The highest BCUT2D eigenvalue weighted by Crippen LogP contribution is 2.16. The van der Waals surface area contributed by atoms with Gasteiger partial charge in [0.15, 0.2) is 5.76 Å². The molecule has 4 rings (SSSR count). The van der Waals surface area contributed by atoms with Gasteiger partial charge in [0, 0.05) is 12.3 Å². The highest BCUT2D eigenvalue weighted by Gasteiger charge is 2.14. The van der Waals surface area contributed by atoms with Crippen molar-refractivity contribution in [2.75, 3.05) is 0 Å². The molecule has 120 valence electrons. The average Bonchev–Trinajstić information content (AvgIpc) is 3.20. The summed E-state index contributed by atoms with van der Waals surface area (Å²) in [5.74, 6) is 1.05. The van der Waals surface area contributed by atoms with Gasteiger partial charge >= 0.3 is 5.63 Å². The summed E-state index contributed by atoms with van der Waals surface area (Å²) in [6.07, 6.45) is 3.03. The Labute approximate surface area is 133 Å². The minimum Gasteiger partial charge on any atom is -0.461 e. The Morgan fingerprint density at radius 1 is 1.25 bits per heavy atom. The van der Waals surface area contributed by atoms with Crippen LogP contribution in [0, 0.1) is 6.92 Å². The van der Waals surface area contributed by atoms with Crippen LogP contribution in [0.5, 0.6) is 0 Å². The molecule has 0 bridgehead atoms. The monoisotopic (exact) mass is 325 g/mol. The van der Waals surface area contributed by atoms with Gasteiger partial charge in [-0.1, -0.05) is 5.16 Å². The molecule has 4 aromatic rings. The molecule has 8 nitrogen and oxygen atoms in total. The second kappa shape index (κ2) is 5.34. The lowest BCUT2D eigenvalue weighted by Crippen LogP contribution is -2.21. The summed E-state index contributed by atoms with van der Waals surface area (Å²) in [6, 6.07) is 6.28. The van der Waals surface area contributed by atoms with E-state index in [-0.39, 0.29) is 23.6 Å². The fraction of sp³-hybridized carbons (Fsp3) is 0.125. The summed E-state index contributed by atoms with van der Waals surface area (Å²) >= 11 is 0. The van der Waals surface area contributed by atoms with Gasteiger partial charge in [0.05, 0.1) is 11.6 Å². The molecule has 0 radical (unpaired) electrons. The number of aromatic nitrogens is 3. The molecule has 0 atom stereocenters. The van der Waals surface area contributed by atoms with Crippen LogP contribution >= 0.6 is 0 Å². The third kappa shape index (κ3) is 2.34. The predicted molar refractivity (Wildman–Crippen MR) is 82.6 cm³/mol. The molecule has 0 saturated carbocycles. The summed E-state index contributed by atoms with van der Waals surface area (Å²) in [5.41, 5.74) is 0.0223. The molecule has 0 spiro atoms. The second-order valence-electron chi connectivity index (χ2n) is 5.23. The van der Waals surface area contributed by atoms with E-state index in [1.807, 2.05) is 0 Å². The number of nitrogens with zero attached hydrogens (tertiary/aromatic N) is 3. The first-order chi connectivity index (χ1) is 11.6. The predicted octanol–water partition coefficient (Wildman–Crippen LogP) is 1.95. The van der Waals surface area contributed by atoms with E-state index in [2.05, 4.69) is 10.1 Å². The van der Waals surface area contributed by atoms with Gasteiger partial charge in [0.2, 0.25) is 11.7 Å². The van der Waals surface area contributed by atoms with Gasteiger partial charge < -0.3 is 17.9 Å². The Morgan fingerprint density at radius 3 is 2.92 bits per heavy atom. The van der Waals surface area contributed by atoms with Gasteiger partial charge in [0.25, 0.3) is 5.56 Å². The topological polar surface area (TPSA) is 104 Å². The molecule has 0 aliphatic heterocycles. The zero-order valence-corrected chi connectivity index (χ0v) is 12.6. The maximum absolute atomic E-state index is 12.6. The van der Waals surface area contributed by atoms with Crippen LogP contribution in [-0.4, -0.2) is 14.7 Å². The van der Waals surface area contributed by atoms with Crippen LogP contribution in [0.25, 0.3) is 22.6 Å². The lowest BCUT2D eigenvalue weighted by molar-refractivity contribution is 0.369. The first kappa shape index (κ1) is 14.2. The SMILES string of the molecule is Cc1cc(=O)oc2ccn(Cc3nc(-c4ccco4)no3)c(=O)c12. The maximum atomic E-state index is 12.6. The van der Waals surface area contributed by atoms with Crippen LogP contribution in [0.1, 0.15) is 11.5 Å². The van der Waals surface area contributed by atoms with Crippen molar-refractivity contribution in [2.45, 2.75) is 13.5 Å². The van der Waals surface area contributed by atoms with Crippen molar-refractivity contribution in [3.63, 3.8) is 0 Å². The van der Waals surface area contributed by atoms with E-state index in [4.69, 9.17) is 13.4 Å². The van der Waals surface area contributed by atoms with Gasteiger partial charge in [-0.05, 0) is 30.7 Å². The highest BCUT2D eigenvalue weighted by atomic mass is 16.5. The van der Waals surface area contributed by atoms with Gasteiger partial charge in [-0.2, -0.15) is 4.98 Å². The van der Waals surface area contributed by atoms with Crippen molar-refractivity contribution in [3.8, 4) is 11.6 Å².